The Hall–Kier alpha value is -2.88. The average molecular weight is 435 g/mol. The highest BCUT2D eigenvalue weighted by Gasteiger charge is 2.15. The van der Waals surface area contributed by atoms with Gasteiger partial charge in [0.2, 0.25) is 0 Å². The normalized spacial score (nSPS) is 14.4. The molecule has 1 aliphatic rings. The molecule has 4 nitrogen and oxygen atoms in total. The van der Waals surface area contributed by atoms with Crippen LogP contribution in [-0.4, -0.2) is 18.9 Å². The molecule has 32 heavy (non-hydrogen) atoms. The van der Waals surface area contributed by atoms with Gasteiger partial charge in [0.1, 0.15) is 12.4 Å². The van der Waals surface area contributed by atoms with Gasteiger partial charge in [0.05, 0.1) is 7.11 Å². The second-order valence-corrected chi connectivity index (χ2v) is 8.49. The van der Waals surface area contributed by atoms with Gasteiger partial charge in [-0.15, -0.1) is 0 Å². The quantitative estimate of drug-likeness (QED) is 0.226. The topological polar surface area (TPSA) is 52.6 Å². The molecule has 0 radical (unpaired) electrons. The largest absolute Gasteiger partial charge is 0.488 e. The Bertz CT molecular complexity index is 892. The van der Waals surface area contributed by atoms with Crippen molar-refractivity contribution in [2.45, 2.75) is 70.3 Å². The first-order valence-corrected chi connectivity index (χ1v) is 11.7. The van der Waals surface area contributed by atoms with E-state index in [-0.39, 0.29) is 11.8 Å². The summed E-state index contributed by atoms with van der Waals surface area (Å²) in [7, 11) is 1.38. The standard InChI is InChI=1S/C28H34O4/c1-31-28(30)14-8-6-12-26(29)20-19-25-11-5-7-13-27(25)32-21-22-15-17-24(18-16-22)23-9-3-2-4-10-23/h5,7,11,13,15-20,23H,2-4,6,8-10,12,14,21H2,1H3. The highest BCUT2D eigenvalue weighted by Crippen LogP contribution is 2.32. The molecule has 1 fully saturated rings. The number of methoxy groups -OCH3 is 1. The zero-order valence-electron chi connectivity index (χ0n) is 19.1. The first-order valence-electron chi connectivity index (χ1n) is 11.7. The fourth-order valence-corrected chi connectivity index (χ4v) is 4.17. The zero-order valence-corrected chi connectivity index (χ0v) is 19.1. The Morgan fingerprint density at radius 2 is 1.66 bits per heavy atom. The smallest absolute Gasteiger partial charge is 0.305 e. The summed E-state index contributed by atoms with van der Waals surface area (Å²) in [5.74, 6) is 1.28. The van der Waals surface area contributed by atoms with Crippen molar-refractivity contribution in [1.82, 2.24) is 0 Å². The van der Waals surface area contributed by atoms with Crippen LogP contribution in [0.4, 0.5) is 0 Å². The van der Waals surface area contributed by atoms with Crippen LogP contribution >= 0.6 is 0 Å². The molecule has 0 unspecified atom stereocenters. The molecular formula is C28H34O4. The van der Waals surface area contributed by atoms with E-state index in [1.807, 2.05) is 30.3 Å². The monoisotopic (exact) mass is 434 g/mol. The SMILES string of the molecule is COC(=O)CCCCC(=O)C=Cc1ccccc1OCc1ccc(C2CCCCC2)cc1. The lowest BCUT2D eigenvalue weighted by Gasteiger charge is -2.22. The van der Waals surface area contributed by atoms with E-state index >= 15 is 0 Å². The van der Waals surface area contributed by atoms with Crippen LogP contribution in [0.1, 0.15) is 80.4 Å². The fourth-order valence-electron chi connectivity index (χ4n) is 4.17. The minimum Gasteiger partial charge on any atom is -0.488 e. The third-order valence-electron chi connectivity index (χ3n) is 6.10. The van der Waals surface area contributed by atoms with Gasteiger partial charge in [-0.1, -0.05) is 61.7 Å². The second kappa shape index (κ2) is 12.8. The van der Waals surface area contributed by atoms with Crippen LogP contribution in [0.3, 0.4) is 0 Å². The Kier molecular flexibility index (Phi) is 9.55. The minimum absolute atomic E-state index is 0.0444. The van der Waals surface area contributed by atoms with Crippen molar-refractivity contribution in [2.75, 3.05) is 7.11 Å². The molecule has 0 spiro atoms. The second-order valence-electron chi connectivity index (χ2n) is 8.49. The van der Waals surface area contributed by atoms with Crippen molar-refractivity contribution in [3.05, 3.63) is 71.3 Å². The molecule has 0 aliphatic heterocycles. The van der Waals surface area contributed by atoms with Gasteiger partial charge in [-0.3, -0.25) is 9.59 Å². The van der Waals surface area contributed by atoms with Crippen LogP contribution in [0, 0.1) is 0 Å². The number of hydrogen-bond donors (Lipinski definition) is 0. The highest BCUT2D eigenvalue weighted by atomic mass is 16.5. The molecule has 1 saturated carbocycles. The number of rotatable bonds is 11. The van der Waals surface area contributed by atoms with Crippen LogP contribution in [0.25, 0.3) is 6.08 Å². The van der Waals surface area contributed by atoms with E-state index in [0.29, 0.717) is 38.2 Å². The molecule has 4 heteroatoms. The lowest BCUT2D eigenvalue weighted by atomic mass is 9.84. The summed E-state index contributed by atoms with van der Waals surface area (Å²) in [5, 5.41) is 0. The molecular weight excluding hydrogens is 400 g/mol. The lowest BCUT2D eigenvalue weighted by molar-refractivity contribution is -0.140. The third-order valence-corrected chi connectivity index (χ3v) is 6.10. The number of carbonyl (C=O) groups is 2. The highest BCUT2D eigenvalue weighted by molar-refractivity contribution is 5.93. The first-order chi connectivity index (χ1) is 15.7. The van der Waals surface area contributed by atoms with Gasteiger partial charge < -0.3 is 9.47 Å². The van der Waals surface area contributed by atoms with E-state index in [0.717, 1.165) is 16.9 Å². The third kappa shape index (κ3) is 7.67. The lowest BCUT2D eigenvalue weighted by Crippen LogP contribution is -2.04. The number of carbonyl (C=O) groups excluding carboxylic acids is 2. The summed E-state index contributed by atoms with van der Waals surface area (Å²) in [4.78, 5) is 23.3. The van der Waals surface area contributed by atoms with Crippen LogP contribution in [0.15, 0.2) is 54.6 Å². The Labute approximate surface area is 191 Å². The van der Waals surface area contributed by atoms with Gasteiger partial charge in [0, 0.05) is 18.4 Å². The van der Waals surface area contributed by atoms with E-state index in [2.05, 4.69) is 29.0 Å². The van der Waals surface area contributed by atoms with Crippen molar-refractivity contribution < 1.29 is 19.1 Å². The Balaban J connectivity index is 1.49. The van der Waals surface area contributed by atoms with Crippen LogP contribution in [0.2, 0.25) is 0 Å². The van der Waals surface area contributed by atoms with Crippen LogP contribution in [0.5, 0.6) is 5.75 Å². The van der Waals surface area contributed by atoms with Crippen molar-refractivity contribution in [1.29, 1.82) is 0 Å². The molecule has 0 N–H and O–H groups in total. The molecule has 2 aromatic carbocycles. The van der Waals surface area contributed by atoms with Crippen LogP contribution < -0.4 is 4.74 Å². The number of para-hydroxylation sites is 1. The number of benzene rings is 2. The Morgan fingerprint density at radius 3 is 2.41 bits per heavy atom. The van der Waals surface area contributed by atoms with Gasteiger partial charge >= 0.3 is 5.97 Å². The summed E-state index contributed by atoms with van der Waals surface area (Å²) < 4.78 is 10.7. The summed E-state index contributed by atoms with van der Waals surface area (Å²) in [6.45, 7) is 0.497. The molecule has 0 saturated heterocycles. The number of esters is 1. The van der Waals surface area contributed by atoms with Crippen molar-refractivity contribution in [3.8, 4) is 5.75 Å². The fraction of sp³-hybridized carbons (Fsp3) is 0.429. The summed E-state index contributed by atoms with van der Waals surface area (Å²) >= 11 is 0. The molecule has 0 atom stereocenters. The van der Waals surface area contributed by atoms with Gasteiger partial charge in [-0.05, 0) is 60.9 Å². The first kappa shape index (κ1) is 23.8. The predicted molar refractivity (Wildman–Crippen MR) is 128 cm³/mol. The van der Waals surface area contributed by atoms with E-state index in [1.165, 1.54) is 44.8 Å². The number of unbranched alkanes of at least 4 members (excludes halogenated alkanes) is 1. The van der Waals surface area contributed by atoms with E-state index in [4.69, 9.17) is 4.74 Å². The maximum absolute atomic E-state index is 12.1. The predicted octanol–water partition coefficient (Wildman–Crippen LogP) is 6.63. The van der Waals surface area contributed by atoms with Crippen molar-refractivity contribution >= 4 is 17.8 Å². The molecule has 170 valence electrons. The molecule has 0 heterocycles. The van der Waals surface area contributed by atoms with Gasteiger partial charge in [-0.2, -0.15) is 0 Å². The molecule has 3 rings (SSSR count). The van der Waals surface area contributed by atoms with Crippen molar-refractivity contribution in [2.24, 2.45) is 0 Å². The van der Waals surface area contributed by atoms with E-state index in [1.54, 1.807) is 6.08 Å². The molecule has 0 bridgehead atoms. The van der Waals surface area contributed by atoms with Gasteiger partial charge in [0.15, 0.2) is 5.78 Å². The number of ketones is 1. The molecule has 0 aromatic heterocycles. The van der Waals surface area contributed by atoms with Gasteiger partial charge in [-0.25, -0.2) is 0 Å². The van der Waals surface area contributed by atoms with Crippen LogP contribution in [-0.2, 0) is 20.9 Å². The van der Waals surface area contributed by atoms with Gasteiger partial charge in [0.25, 0.3) is 0 Å². The summed E-state index contributed by atoms with van der Waals surface area (Å²) in [5.41, 5.74) is 3.47. The van der Waals surface area contributed by atoms with Crippen molar-refractivity contribution in [3.63, 3.8) is 0 Å². The molecule has 1 aliphatic carbocycles. The zero-order chi connectivity index (χ0) is 22.6. The number of ether oxygens (including phenoxy) is 2. The Morgan fingerprint density at radius 1 is 0.938 bits per heavy atom. The number of allylic oxidation sites excluding steroid dienone is 1. The average Bonchev–Trinajstić information content (AvgIpc) is 2.85. The van der Waals surface area contributed by atoms with E-state index in [9.17, 15) is 9.59 Å². The minimum atomic E-state index is -0.234. The maximum atomic E-state index is 12.1. The summed E-state index contributed by atoms with van der Waals surface area (Å²) in [6.07, 6.45) is 12.2. The maximum Gasteiger partial charge on any atom is 0.305 e. The molecule has 2 aromatic rings. The summed E-state index contributed by atoms with van der Waals surface area (Å²) in [6, 6.07) is 16.6. The molecule has 0 amide bonds. The van der Waals surface area contributed by atoms with E-state index < -0.39 is 0 Å². The number of hydrogen-bond acceptors (Lipinski definition) is 4.